The van der Waals surface area contributed by atoms with E-state index >= 15 is 0 Å². The minimum atomic E-state index is -0.207. The number of nitrogens with one attached hydrogen (secondary N) is 2. The number of hydrogen-bond donors (Lipinski definition) is 2. The van der Waals surface area contributed by atoms with Crippen LogP contribution in [0.1, 0.15) is 23.6 Å². The molecule has 1 amide bonds. The largest absolute Gasteiger partial charge is 0.497 e. The molecule has 2 aromatic carbocycles. The summed E-state index contributed by atoms with van der Waals surface area (Å²) in [6.07, 6.45) is 0. The van der Waals surface area contributed by atoms with Crippen LogP contribution < -0.4 is 15.5 Å². The third-order valence-electron chi connectivity index (χ3n) is 3.80. The van der Waals surface area contributed by atoms with Gasteiger partial charge < -0.3 is 10.1 Å². The van der Waals surface area contributed by atoms with E-state index < -0.39 is 0 Å². The van der Waals surface area contributed by atoms with E-state index in [9.17, 15) is 4.79 Å². The van der Waals surface area contributed by atoms with Crippen molar-refractivity contribution in [3.05, 3.63) is 59.2 Å². The summed E-state index contributed by atoms with van der Waals surface area (Å²) < 4.78 is 5.15. The van der Waals surface area contributed by atoms with Gasteiger partial charge in [-0.1, -0.05) is 18.2 Å². The molecule has 0 fully saturated rings. The van der Waals surface area contributed by atoms with Crippen LogP contribution in [0.4, 0.5) is 5.69 Å². The molecule has 0 bridgehead atoms. The molecule has 5 nitrogen and oxygen atoms in total. The van der Waals surface area contributed by atoms with Crippen molar-refractivity contribution < 1.29 is 9.53 Å². The van der Waals surface area contributed by atoms with Gasteiger partial charge in [0.2, 0.25) is 0 Å². The molecular weight excluding hydrogens is 302 g/mol. The van der Waals surface area contributed by atoms with E-state index in [1.54, 1.807) is 7.11 Å². The van der Waals surface area contributed by atoms with Gasteiger partial charge >= 0.3 is 0 Å². The van der Waals surface area contributed by atoms with Gasteiger partial charge in [0, 0.05) is 11.8 Å². The van der Waals surface area contributed by atoms with Gasteiger partial charge in [-0.3, -0.25) is 4.79 Å². The number of hydrazone groups is 1. The van der Waals surface area contributed by atoms with Gasteiger partial charge in [0.15, 0.2) is 0 Å². The molecule has 0 aromatic heterocycles. The second kappa shape index (κ2) is 8.15. The van der Waals surface area contributed by atoms with Crippen LogP contribution in [0.2, 0.25) is 0 Å². The zero-order valence-corrected chi connectivity index (χ0v) is 14.5. The summed E-state index contributed by atoms with van der Waals surface area (Å²) >= 11 is 0. The summed E-state index contributed by atoms with van der Waals surface area (Å²) in [5, 5.41) is 7.20. The van der Waals surface area contributed by atoms with E-state index in [0.717, 1.165) is 22.7 Å². The average Bonchev–Trinajstić information content (AvgIpc) is 2.60. The van der Waals surface area contributed by atoms with Crippen LogP contribution in [-0.4, -0.2) is 25.3 Å². The molecule has 0 aliphatic rings. The molecule has 0 unspecified atom stereocenters. The van der Waals surface area contributed by atoms with Gasteiger partial charge in [-0.15, -0.1) is 0 Å². The summed E-state index contributed by atoms with van der Waals surface area (Å²) in [7, 11) is 1.61. The van der Waals surface area contributed by atoms with Crippen LogP contribution in [0, 0.1) is 13.8 Å². The van der Waals surface area contributed by atoms with Crippen LogP contribution in [0.15, 0.2) is 47.6 Å². The number of carbonyl (C=O) groups excluding carboxylic acids is 1. The quantitative estimate of drug-likeness (QED) is 0.633. The number of carbonyl (C=O) groups is 1. The first kappa shape index (κ1) is 17.5. The van der Waals surface area contributed by atoms with E-state index in [4.69, 9.17) is 4.74 Å². The lowest BCUT2D eigenvalue weighted by atomic mass is 10.0. The molecule has 2 N–H and O–H groups in total. The number of hydrogen-bond acceptors (Lipinski definition) is 4. The van der Waals surface area contributed by atoms with Gasteiger partial charge in [0.05, 0.1) is 19.4 Å². The third kappa shape index (κ3) is 4.84. The molecule has 2 rings (SSSR count). The molecule has 0 atom stereocenters. The predicted octanol–water partition coefficient (Wildman–Crippen LogP) is 3.26. The molecule has 0 spiro atoms. The van der Waals surface area contributed by atoms with Gasteiger partial charge in [-0.25, -0.2) is 5.43 Å². The first-order chi connectivity index (χ1) is 11.5. The summed E-state index contributed by atoms with van der Waals surface area (Å²) in [4.78, 5) is 11.9. The fraction of sp³-hybridized carbons (Fsp3) is 0.263. The Bertz CT molecular complexity index is 754. The number of anilines is 1. The van der Waals surface area contributed by atoms with Crippen molar-refractivity contribution in [3.8, 4) is 5.75 Å². The standard InChI is InChI=1S/C19H23N3O2/c1-13-8-9-16(10-14(13)2)15(3)21-22-19(23)12-20-17-6-5-7-18(11-17)24-4/h5-11,20H,12H2,1-4H3,(H,22,23)/b21-15-. The highest BCUT2D eigenvalue weighted by atomic mass is 16.5. The number of ether oxygens (including phenoxy) is 1. The Hall–Kier alpha value is -2.82. The van der Waals surface area contributed by atoms with Crippen molar-refractivity contribution in [2.24, 2.45) is 5.10 Å². The van der Waals surface area contributed by atoms with Crippen molar-refractivity contribution in [2.45, 2.75) is 20.8 Å². The highest BCUT2D eigenvalue weighted by Crippen LogP contribution is 2.16. The summed E-state index contributed by atoms with van der Waals surface area (Å²) in [6, 6.07) is 13.5. The lowest BCUT2D eigenvalue weighted by Crippen LogP contribution is -2.26. The Labute approximate surface area is 142 Å². The minimum Gasteiger partial charge on any atom is -0.497 e. The fourth-order valence-electron chi connectivity index (χ4n) is 2.13. The summed E-state index contributed by atoms with van der Waals surface area (Å²) in [5.74, 6) is 0.532. The third-order valence-corrected chi connectivity index (χ3v) is 3.80. The van der Waals surface area contributed by atoms with Crippen LogP contribution in [0.3, 0.4) is 0 Å². The first-order valence-corrected chi connectivity index (χ1v) is 7.78. The average molecular weight is 325 g/mol. The van der Waals surface area contributed by atoms with Crippen molar-refractivity contribution in [3.63, 3.8) is 0 Å². The van der Waals surface area contributed by atoms with Crippen LogP contribution >= 0.6 is 0 Å². The van der Waals surface area contributed by atoms with Crippen molar-refractivity contribution >= 4 is 17.3 Å². The number of nitrogens with zero attached hydrogens (tertiary/aromatic N) is 1. The molecule has 0 aliphatic carbocycles. The molecular formula is C19H23N3O2. The highest BCUT2D eigenvalue weighted by Gasteiger charge is 2.03. The highest BCUT2D eigenvalue weighted by molar-refractivity contribution is 5.99. The van der Waals surface area contributed by atoms with Gasteiger partial charge in [0.25, 0.3) is 5.91 Å². The summed E-state index contributed by atoms with van der Waals surface area (Å²) in [6.45, 7) is 6.14. The predicted molar refractivity (Wildman–Crippen MR) is 97.8 cm³/mol. The number of aryl methyl sites for hydroxylation is 2. The second-order valence-corrected chi connectivity index (χ2v) is 5.62. The number of rotatable bonds is 6. The van der Waals surface area contributed by atoms with Gasteiger partial charge in [-0.2, -0.15) is 5.10 Å². The normalized spacial score (nSPS) is 11.1. The molecule has 0 heterocycles. The molecule has 2 aromatic rings. The lowest BCUT2D eigenvalue weighted by Gasteiger charge is -2.08. The Morgan fingerprint density at radius 1 is 1.12 bits per heavy atom. The second-order valence-electron chi connectivity index (χ2n) is 5.62. The Morgan fingerprint density at radius 3 is 2.62 bits per heavy atom. The van der Waals surface area contributed by atoms with Gasteiger partial charge in [-0.05, 0) is 55.7 Å². The molecule has 0 aliphatic heterocycles. The molecule has 126 valence electrons. The van der Waals surface area contributed by atoms with E-state index in [0.29, 0.717) is 0 Å². The Morgan fingerprint density at radius 2 is 1.92 bits per heavy atom. The zero-order valence-electron chi connectivity index (χ0n) is 14.5. The van der Waals surface area contributed by atoms with E-state index in [2.05, 4.69) is 41.8 Å². The van der Waals surface area contributed by atoms with Crippen LogP contribution in [-0.2, 0) is 4.79 Å². The Balaban J connectivity index is 1.90. The molecule has 0 saturated heterocycles. The number of amides is 1. The van der Waals surface area contributed by atoms with Crippen molar-refractivity contribution in [2.75, 3.05) is 19.0 Å². The molecule has 24 heavy (non-hydrogen) atoms. The minimum absolute atomic E-state index is 0.136. The van der Waals surface area contributed by atoms with E-state index in [-0.39, 0.29) is 12.5 Å². The van der Waals surface area contributed by atoms with Gasteiger partial charge in [0.1, 0.15) is 5.75 Å². The summed E-state index contributed by atoms with van der Waals surface area (Å²) in [5.41, 5.74) is 7.59. The lowest BCUT2D eigenvalue weighted by molar-refractivity contribution is -0.119. The van der Waals surface area contributed by atoms with Crippen molar-refractivity contribution in [1.29, 1.82) is 0 Å². The SMILES string of the molecule is COc1cccc(NCC(=O)N/N=C(/C)c2ccc(C)c(C)c2)c1. The molecule has 0 saturated carbocycles. The maximum absolute atomic E-state index is 11.9. The zero-order chi connectivity index (χ0) is 17.5. The van der Waals surface area contributed by atoms with Crippen LogP contribution in [0.25, 0.3) is 0 Å². The maximum atomic E-state index is 11.9. The fourth-order valence-corrected chi connectivity index (χ4v) is 2.13. The topological polar surface area (TPSA) is 62.7 Å². The number of benzene rings is 2. The van der Waals surface area contributed by atoms with Crippen molar-refractivity contribution in [1.82, 2.24) is 5.43 Å². The maximum Gasteiger partial charge on any atom is 0.259 e. The number of methoxy groups -OCH3 is 1. The van der Waals surface area contributed by atoms with E-state index in [1.165, 1.54) is 11.1 Å². The van der Waals surface area contributed by atoms with Crippen LogP contribution in [0.5, 0.6) is 5.75 Å². The molecule has 5 heteroatoms. The molecule has 0 radical (unpaired) electrons. The Kier molecular flexibility index (Phi) is 5.95. The van der Waals surface area contributed by atoms with E-state index in [1.807, 2.05) is 37.3 Å². The monoisotopic (exact) mass is 325 g/mol. The smallest absolute Gasteiger partial charge is 0.259 e. The first-order valence-electron chi connectivity index (χ1n) is 7.78.